The fourth-order valence-corrected chi connectivity index (χ4v) is 2.95. The van der Waals surface area contributed by atoms with Crippen LogP contribution in [-0.2, 0) is 6.42 Å². The minimum Gasteiger partial charge on any atom is -0.496 e. The second kappa shape index (κ2) is 6.59. The summed E-state index contributed by atoms with van der Waals surface area (Å²) in [6, 6.07) is 12.8. The smallest absolute Gasteiger partial charge is 0.132 e. The molecule has 0 bridgehead atoms. The van der Waals surface area contributed by atoms with E-state index >= 15 is 0 Å². The van der Waals surface area contributed by atoms with E-state index in [4.69, 9.17) is 10.5 Å². The SMILES string of the molecule is COc1ccccc1Sc1cccc(F)c1CCN. The Balaban J connectivity index is 2.35. The first-order valence-electron chi connectivity index (χ1n) is 6.04. The van der Waals surface area contributed by atoms with Gasteiger partial charge >= 0.3 is 0 Å². The Kier molecular flexibility index (Phi) is 4.82. The average Bonchev–Trinajstić information content (AvgIpc) is 2.43. The molecule has 0 heterocycles. The van der Waals surface area contributed by atoms with Crippen LogP contribution in [0.1, 0.15) is 5.56 Å². The van der Waals surface area contributed by atoms with Crippen molar-refractivity contribution in [3.63, 3.8) is 0 Å². The van der Waals surface area contributed by atoms with Gasteiger partial charge in [-0.3, -0.25) is 0 Å². The number of benzene rings is 2. The van der Waals surface area contributed by atoms with Gasteiger partial charge in [-0.25, -0.2) is 4.39 Å². The van der Waals surface area contributed by atoms with Gasteiger partial charge in [0.1, 0.15) is 11.6 Å². The summed E-state index contributed by atoms with van der Waals surface area (Å²) < 4.78 is 19.1. The summed E-state index contributed by atoms with van der Waals surface area (Å²) >= 11 is 1.50. The van der Waals surface area contributed by atoms with Crippen molar-refractivity contribution >= 4 is 11.8 Å². The first-order chi connectivity index (χ1) is 9.26. The van der Waals surface area contributed by atoms with Gasteiger partial charge in [0.05, 0.1) is 12.0 Å². The molecule has 2 nitrogen and oxygen atoms in total. The fraction of sp³-hybridized carbons (Fsp3) is 0.200. The number of hydrogen-bond acceptors (Lipinski definition) is 3. The van der Waals surface area contributed by atoms with Crippen molar-refractivity contribution in [2.45, 2.75) is 16.2 Å². The number of para-hydroxylation sites is 1. The zero-order chi connectivity index (χ0) is 13.7. The minimum atomic E-state index is -0.203. The number of hydrogen-bond donors (Lipinski definition) is 1. The van der Waals surface area contributed by atoms with Crippen LogP contribution in [0.5, 0.6) is 5.75 Å². The van der Waals surface area contributed by atoms with Crippen molar-refractivity contribution in [2.75, 3.05) is 13.7 Å². The summed E-state index contributed by atoms with van der Waals surface area (Å²) in [6.07, 6.45) is 0.532. The van der Waals surface area contributed by atoms with Gasteiger partial charge in [0.25, 0.3) is 0 Å². The Hall–Kier alpha value is -1.52. The lowest BCUT2D eigenvalue weighted by atomic mass is 10.1. The molecule has 19 heavy (non-hydrogen) atoms. The van der Waals surface area contributed by atoms with Crippen molar-refractivity contribution in [3.05, 3.63) is 53.8 Å². The van der Waals surface area contributed by atoms with Crippen molar-refractivity contribution in [1.82, 2.24) is 0 Å². The van der Waals surface area contributed by atoms with Crippen LogP contribution < -0.4 is 10.5 Å². The fourth-order valence-electron chi connectivity index (χ4n) is 1.84. The Morgan fingerprint density at radius 1 is 1.11 bits per heavy atom. The van der Waals surface area contributed by atoms with Crippen LogP contribution in [0.25, 0.3) is 0 Å². The summed E-state index contributed by atoms with van der Waals surface area (Å²) in [4.78, 5) is 1.85. The maximum Gasteiger partial charge on any atom is 0.132 e. The van der Waals surface area contributed by atoms with E-state index < -0.39 is 0 Å². The predicted molar refractivity (Wildman–Crippen MR) is 76.3 cm³/mol. The molecule has 2 N–H and O–H groups in total. The van der Waals surface area contributed by atoms with Crippen molar-refractivity contribution in [3.8, 4) is 5.75 Å². The molecule has 0 saturated carbocycles. The summed E-state index contributed by atoms with van der Waals surface area (Å²) in [7, 11) is 1.63. The number of halogens is 1. The molecule has 4 heteroatoms. The van der Waals surface area contributed by atoms with E-state index in [0.29, 0.717) is 18.5 Å². The van der Waals surface area contributed by atoms with Crippen LogP contribution in [0.4, 0.5) is 4.39 Å². The Morgan fingerprint density at radius 3 is 2.58 bits per heavy atom. The van der Waals surface area contributed by atoms with Gasteiger partial charge in [-0.2, -0.15) is 0 Å². The largest absolute Gasteiger partial charge is 0.496 e. The topological polar surface area (TPSA) is 35.2 Å². The molecule has 100 valence electrons. The number of methoxy groups -OCH3 is 1. The highest BCUT2D eigenvalue weighted by atomic mass is 32.2. The predicted octanol–water partition coefficient (Wildman–Crippen LogP) is 3.49. The van der Waals surface area contributed by atoms with Crippen LogP contribution in [0.15, 0.2) is 52.3 Å². The van der Waals surface area contributed by atoms with Crippen LogP contribution in [0.3, 0.4) is 0 Å². The average molecular weight is 277 g/mol. The Morgan fingerprint density at radius 2 is 1.84 bits per heavy atom. The third kappa shape index (κ3) is 3.28. The molecule has 0 spiro atoms. The molecule has 2 aromatic carbocycles. The van der Waals surface area contributed by atoms with E-state index in [1.54, 1.807) is 13.2 Å². The van der Waals surface area contributed by atoms with Gasteiger partial charge in [-0.1, -0.05) is 30.0 Å². The van der Waals surface area contributed by atoms with Crippen LogP contribution >= 0.6 is 11.8 Å². The summed E-state index contributed by atoms with van der Waals surface area (Å²) in [6.45, 7) is 0.431. The number of rotatable bonds is 5. The number of nitrogens with two attached hydrogens (primary N) is 1. The summed E-state index contributed by atoms with van der Waals surface area (Å²) in [5.41, 5.74) is 6.21. The van der Waals surface area contributed by atoms with Gasteiger partial charge in [-0.05, 0) is 37.2 Å². The van der Waals surface area contributed by atoms with Gasteiger partial charge in [-0.15, -0.1) is 0 Å². The zero-order valence-corrected chi connectivity index (χ0v) is 11.5. The first kappa shape index (κ1) is 13.9. The highest BCUT2D eigenvalue weighted by Gasteiger charge is 2.11. The highest BCUT2D eigenvalue weighted by molar-refractivity contribution is 7.99. The van der Waals surface area contributed by atoms with Crippen molar-refractivity contribution in [2.24, 2.45) is 5.73 Å². The third-order valence-corrected chi connectivity index (χ3v) is 3.92. The van der Waals surface area contributed by atoms with Crippen LogP contribution in [0.2, 0.25) is 0 Å². The lowest BCUT2D eigenvalue weighted by Gasteiger charge is -2.11. The van der Waals surface area contributed by atoms with E-state index in [9.17, 15) is 4.39 Å². The molecule has 0 fully saturated rings. The lowest BCUT2D eigenvalue weighted by Crippen LogP contribution is -2.05. The molecule has 0 aliphatic rings. The maximum absolute atomic E-state index is 13.8. The van der Waals surface area contributed by atoms with Crippen molar-refractivity contribution < 1.29 is 9.13 Å². The van der Waals surface area contributed by atoms with Crippen LogP contribution in [0, 0.1) is 5.82 Å². The second-order valence-electron chi connectivity index (χ2n) is 4.01. The zero-order valence-electron chi connectivity index (χ0n) is 10.7. The monoisotopic (exact) mass is 277 g/mol. The third-order valence-electron chi connectivity index (χ3n) is 2.76. The van der Waals surface area contributed by atoms with E-state index in [-0.39, 0.29) is 5.82 Å². The van der Waals surface area contributed by atoms with Gasteiger partial charge in [0.15, 0.2) is 0 Å². The summed E-state index contributed by atoms with van der Waals surface area (Å²) in [5, 5.41) is 0. The quantitative estimate of drug-likeness (QED) is 0.908. The molecular weight excluding hydrogens is 261 g/mol. The molecule has 0 saturated heterocycles. The van der Waals surface area contributed by atoms with Gasteiger partial charge in [0.2, 0.25) is 0 Å². The highest BCUT2D eigenvalue weighted by Crippen LogP contribution is 2.37. The standard InChI is InChI=1S/C15H16FNOS/c1-18-13-6-2-3-7-15(13)19-14-8-4-5-12(16)11(14)9-10-17/h2-8H,9-10,17H2,1H3. The molecule has 0 aromatic heterocycles. The second-order valence-corrected chi connectivity index (χ2v) is 5.09. The van der Waals surface area contributed by atoms with E-state index in [1.165, 1.54) is 17.8 Å². The minimum absolute atomic E-state index is 0.203. The molecule has 2 aromatic rings. The Bertz CT molecular complexity index is 560. The van der Waals surface area contributed by atoms with Crippen LogP contribution in [-0.4, -0.2) is 13.7 Å². The van der Waals surface area contributed by atoms with E-state index in [2.05, 4.69) is 0 Å². The first-order valence-corrected chi connectivity index (χ1v) is 6.86. The maximum atomic E-state index is 13.8. The molecule has 0 aliphatic carbocycles. The molecular formula is C15H16FNOS. The molecule has 0 radical (unpaired) electrons. The number of ether oxygens (including phenoxy) is 1. The molecule has 2 rings (SSSR count). The van der Waals surface area contributed by atoms with E-state index in [1.807, 2.05) is 30.3 Å². The molecule has 0 unspecified atom stereocenters. The molecule has 0 amide bonds. The lowest BCUT2D eigenvalue weighted by molar-refractivity contribution is 0.405. The van der Waals surface area contributed by atoms with Gasteiger partial charge in [0, 0.05) is 10.5 Å². The normalized spacial score (nSPS) is 10.5. The van der Waals surface area contributed by atoms with Crippen molar-refractivity contribution in [1.29, 1.82) is 0 Å². The van der Waals surface area contributed by atoms with E-state index in [0.717, 1.165) is 15.5 Å². The van der Waals surface area contributed by atoms with Gasteiger partial charge < -0.3 is 10.5 Å². The molecule has 0 aliphatic heterocycles. The molecule has 0 atom stereocenters. The Labute approximate surface area is 116 Å². The summed E-state index contributed by atoms with van der Waals surface area (Å²) in [5.74, 6) is 0.584.